The molecule has 46 heavy (non-hydrogen) atoms. The molecule has 5 heterocycles. The van der Waals surface area contributed by atoms with Crippen molar-refractivity contribution in [1.29, 1.82) is 0 Å². The molecule has 20 heteroatoms. The highest BCUT2D eigenvalue weighted by Gasteiger charge is 2.75. The highest BCUT2D eigenvalue weighted by Crippen LogP contribution is 2.52. The first-order valence-corrected chi connectivity index (χ1v) is 14.3. The Labute approximate surface area is 272 Å². The molecular weight excluding hydrogens is 888 g/mol. The SMILES string of the molecule is FC(F)(F)C(F)(F)C(F)(F)C1=c2ccc([nH]2)=C(I)c2ccc([nH]2)C(C(F)(F)C(F)(F)C(F)(F)F)=c2ccc([nH]2)=C(I)c2ccc1[nH]2. The van der Waals surface area contributed by atoms with Gasteiger partial charge in [-0.05, 0) is 93.7 Å². The molecule has 4 nitrogen and oxygen atoms in total. The fourth-order valence-electron chi connectivity index (χ4n) is 4.60. The number of aromatic amines is 4. The van der Waals surface area contributed by atoms with Crippen molar-refractivity contribution >= 4 is 63.5 Å². The molecule has 0 atom stereocenters. The zero-order chi connectivity index (χ0) is 34.4. The molecule has 4 aromatic heterocycles. The third-order valence-electron chi connectivity index (χ3n) is 6.90. The first-order valence-electron chi connectivity index (χ1n) is 12.2. The predicted octanol–water partition coefficient (Wildman–Crippen LogP) is 6.56. The fourth-order valence-corrected chi connectivity index (χ4v) is 5.86. The van der Waals surface area contributed by atoms with Crippen molar-refractivity contribution in [1.82, 2.24) is 19.9 Å². The summed E-state index contributed by atoms with van der Waals surface area (Å²) in [7, 11) is 0. The number of hydrogen-bond acceptors (Lipinski definition) is 0. The maximum Gasteiger partial charge on any atom is 0.460 e. The van der Waals surface area contributed by atoms with Crippen LogP contribution in [0.25, 0.3) is 18.3 Å². The lowest BCUT2D eigenvalue weighted by Gasteiger charge is -2.29. The number of nitrogens with one attached hydrogen (secondary N) is 4. The van der Waals surface area contributed by atoms with Gasteiger partial charge in [0.1, 0.15) is 0 Å². The van der Waals surface area contributed by atoms with Gasteiger partial charge >= 0.3 is 36.0 Å². The van der Waals surface area contributed by atoms with Crippen LogP contribution in [-0.4, -0.2) is 56.0 Å². The lowest BCUT2D eigenvalue weighted by atomic mass is 9.98. The highest BCUT2D eigenvalue weighted by atomic mass is 127. The molecule has 8 bridgehead atoms. The summed E-state index contributed by atoms with van der Waals surface area (Å²) in [5.74, 6) is -24.9. The van der Waals surface area contributed by atoms with Crippen molar-refractivity contribution in [3.63, 3.8) is 0 Å². The van der Waals surface area contributed by atoms with Crippen molar-refractivity contribution in [2.45, 2.75) is 36.0 Å². The molecule has 0 aliphatic carbocycles. The topological polar surface area (TPSA) is 63.2 Å². The fraction of sp³-hybridized carbons (Fsp3) is 0.231. The van der Waals surface area contributed by atoms with Crippen LogP contribution in [0.15, 0.2) is 48.5 Å². The van der Waals surface area contributed by atoms with Crippen LogP contribution < -0.4 is 21.4 Å². The molecule has 0 saturated carbocycles. The summed E-state index contributed by atoms with van der Waals surface area (Å²) in [6.45, 7) is 0. The predicted molar refractivity (Wildman–Crippen MR) is 152 cm³/mol. The summed E-state index contributed by atoms with van der Waals surface area (Å²) in [6.07, 6.45) is -13.4. The van der Waals surface area contributed by atoms with E-state index in [-0.39, 0.29) is 29.2 Å². The lowest BCUT2D eigenvalue weighted by Crippen LogP contribution is -2.54. The molecular formula is C26H12F14I2N4. The Hall–Kier alpha value is -2.92. The van der Waals surface area contributed by atoms with Crippen LogP contribution >= 0.6 is 45.2 Å². The summed E-state index contributed by atoms with van der Waals surface area (Å²) < 4.78 is 197. The van der Waals surface area contributed by atoms with Crippen LogP contribution in [0.1, 0.15) is 22.8 Å². The van der Waals surface area contributed by atoms with Gasteiger partial charge in [0.25, 0.3) is 0 Å². The highest BCUT2D eigenvalue weighted by molar-refractivity contribution is 14.1. The van der Waals surface area contributed by atoms with Gasteiger partial charge in [-0.25, -0.2) is 0 Å². The first-order chi connectivity index (χ1) is 20.9. The van der Waals surface area contributed by atoms with E-state index in [9.17, 15) is 43.9 Å². The molecule has 248 valence electrons. The minimum Gasteiger partial charge on any atom is -0.354 e. The number of H-pyrrole nitrogens is 4. The second-order valence-corrected chi connectivity index (χ2v) is 12.0. The van der Waals surface area contributed by atoms with Crippen LogP contribution in [-0.2, 0) is 0 Å². The van der Waals surface area contributed by atoms with Gasteiger partial charge < -0.3 is 19.9 Å². The zero-order valence-corrected chi connectivity index (χ0v) is 26.0. The summed E-state index contributed by atoms with van der Waals surface area (Å²) in [4.78, 5) is 9.12. The van der Waals surface area contributed by atoms with Crippen LogP contribution in [0, 0.1) is 0 Å². The maximum atomic E-state index is 15.3. The van der Waals surface area contributed by atoms with Crippen LogP contribution in [0.2, 0.25) is 0 Å². The van der Waals surface area contributed by atoms with E-state index in [1.807, 2.05) is 0 Å². The number of fused-ring (bicyclic) bond motifs is 8. The summed E-state index contributed by atoms with van der Waals surface area (Å²) in [6, 6.07) is 6.83. The monoisotopic (exact) mass is 900 g/mol. The van der Waals surface area contributed by atoms with Gasteiger partial charge in [-0.1, -0.05) is 0 Å². The lowest BCUT2D eigenvalue weighted by molar-refractivity contribution is -0.339. The molecule has 4 aromatic rings. The van der Waals surface area contributed by atoms with Crippen molar-refractivity contribution in [2.24, 2.45) is 0 Å². The van der Waals surface area contributed by atoms with E-state index >= 15 is 17.6 Å². The summed E-state index contributed by atoms with van der Waals surface area (Å²) >= 11 is 2.95. The third kappa shape index (κ3) is 5.16. The maximum absolute atomic E-state index is 15.3. The van der Waals surface area contributed by atoms with E-state index in [1.54, 1.807) is 0 Å². The van der Waals surface area contributed by atoms with E-state index in [0.29, 0.717) is 0 Å². The Morgan fingerprint density at radius 3 is 0.957 bits per heavy atom. The molecule has 0 radical (unpaired) electrons. The van der Waals surface area contributed by atoms with Gasteiger partial charge in [0.05, 0.1) is 62.5 Å². The molecule has 0 fully saturated rings. The second-order valence-electron chi connectivity index (χ2n) is 9.81. The summed E-state index contributed by atoms with van der Waals surface area (Å²) in [5.41, 5.74) is -5.96. The van der Waals surface area contributed by atoms with E-state index in [1.165, 1.54) is 45.2 Å². The molecule has 0 amide bonds. The Balaban J connectivity index is 1.92. The average Bonchev–Trinajstić information content (AvgIpc) is 3.74. The number of alkyl halides is 14. The molecule has 0 unspecified atom stereocenters. The first kappa shape index (κ1) is 34.4. The van der Waals surface area contributed by atoms with Gasteiger partial charge in [-0.3, -0.25) is 0 Å². The Kier molecular flexibility index (Phi) is 8.08. The van der Waals surface area contributed by atoms with Crippen LogP contribution in [0.3, 0.4) is 0 Å². The minimum absolute atomic E-state index is 0.139. The van der Waals surface area contributed by atoms with E-state index in [0.717, 1.165) is 48.5 Å². The zero-order valence-electron chi connectivity index (χ0n) is 21.7. The van der Waals surface area contributed by atoms with E-state index < -0.39 is 69.3 Å². The standard InChI is InChI=1S/C26H12F14I2N4/c27-21(28,23(31,32)25(35,36)37)17-9-1-5-13(43-9)19(41)14-7-3-11(45-14)18(22(29,30)24(33,34)26(38,39)40)12-4-8-16(46-12)20(42)15-6-2-10(17)44-15/h1-8,43-46H. The smallest absolute Gasteiger partial charge is 0.354 e. The number of halogens is 16. The van der Waals surface area contributed by atoms with Crippen LogP contribution in [0.4, 0.5) is 61.5 Å². The van der Waals surface area contributed by atoms with Crippen molar-refractivity contribution < 1.29 is 61.5 Å². The molecule has 5 rings (SSSR count). The Bertz CT molecular complexity index is 1920. The Morgan fingerprint density at radius 2 is 0.652 bits per heavy atom. The van der Waals surface area contributed by atoms with Gasteiger partial charge in [0, 0.05) is 0 Å². The van der Waals surface area contributed by atoms with Crippen LogP contribution in [0.5, 0.6) is 0 Å². The molecule has 1 aliphatic heterocycles. The number of hydrogen-bond donors (Lipinski definition) is 4. The van der Waals surface area contributed by atoms with Gasteiger partial charge in [-0.2, -0.15) is 61.5 Å². The molecule has 1 aliphatic rings. The minimum atomic E-state index is -6.69. The van der Waals surface area contributed by atoms with E-state index in [2.05, 4.69) is 19.9 Å². The quantitative estimate of drug-likeness (QED) is 0.133. The number of aromatic nitrogens is 4. The van der Waals surface area contributed by atoms with Crippen molar-refractivity contribution in [3.8, 4) is 0 Å². The second kappa shape index (κ2) is 10.8. The third-order valence-corrected chi connectivity index (χ3v) is 9.22. The molecule has 0 saturated heterocycles. The Morgan fingerprint density at radius 1 is 0.370 bits per heavy atom. The molecule has 0 aromatic carbocycles. The molecule has 4 N–H and O–H groups in total. The van der Waals surface area contributed by atoms with E-state index in [4.69, 9.17) is 0 Å². The number of rotatable bonds is 4. The van der Waals surface area contributed by atoms with Gasteiger partial charge in [0.2, 0.25) is 0 Å². The normalized spacial score (nSPS) is 15.7. The largest absolute Gasteiger partial charge is 0.460 e. The van der Waals surface area contributed by atoms with Gasteiger partial charge in [-0.15, -0.1) is 0 Å². The van der Waals surface area contributed by atoms with Crippen molar-refractivity contribution in [3.05, 3.63) is 92.7 Å². The van der Waals surface area contributed by atoms with Crippen molar-refractivity contribution in [2.75, 3.05) is 0 Å². The van der Waals surface area contributed by atoms with Gasteiger partial charge in [0.15, 0.2) is 0 Å². The molecule has 0 spiro atoms. The summed E-state index contributed by atoms with van der Waals surface area (Å²) in [5, 5.41) is -2.37. The average molecular weight is 900 g/mol.